The summed E-state index contributed by atoms with van der Waals surface area (Å²) in [6.07, 6.45) is 1.83. The first kappa shape index (κ1) is 14.6. The average Bonchev–Trinajstić information content (AvgIpc) is 2.75. The molecular formula is C13H18BrNO4. The van der Waals surface area contributed by atoms with E-state index in [1.165, 1.54) is 0 Å². The predicted molar refractivity (Wildman–Crippen MR) is 73.1 cm³/mol. The Morgan fingerprint density at radius 2 is 2.47 bits per heavy atom. The van der Waals surface area contributed by atoms with Crippen molar-refractivity contribution >= 4 is 21.8 Å². The maximum absolute atomic E-state index is 12.4. The lowest BCUT2D eigenvalue weighted by molar-refractivity contribution is -0.0118. The molecule has 2 heterocycles. The first-order chi connectivity index (χ1) is 9.11. The first-order valence-electron chi connectivity index (χ1n) is 6.39. The standard InChI is InChI=1S/C13H18BrNO4/c1-9-7-11(14)19-12(9)13(17)15-4-2-3-10(8-15)18-6-5-16/h7,10,16H,2-6,8H2,1H3. The van der Waals surface area contributed by atoms with Crippen molar-refractivity contribution in [2.45, 2.75) is 25.9 Å². The van der Waals surface area contributed by atoms with Gasteiger partial charge in [-0.25, -0.2) is 0 Å². The molecule has 1 saturated heterocycles. The molecule has 0 aromatic carbocycles. The van der Waals surface area contributed by atoms with Crippen LogP contribution in [-0.4, -0.2) is 48.3 Å². The zero-order chi connectivity index (χ0) is 13.8. The number of likely N-dealkylation sites (tertiary alicyclic amines) is 1. The summed E-state index contributed by atoms with van der Waals surface area (Å²) in [5.41, 5.74) is 0.829. The third-order valence-electron chi connectivity index (χ3n) is 3.19. The van der Waals surface area contributed by atoms with E-state index in [1.54, 1.807) is 11.0 Å². The number of amides is 1. The van der Waals surface area contributed by atoms with E-state index in [1.807, 2.05) is 6.92 Å². The lowest BCUT2D eigenvalue weighted by Gasteiger charge is -2.32. The number of nitrogens with zero attached hydrogens (tertiary/aromatic N) is 1. The van der Waals surface area contributed by atoms with Crippen LogP contribution in [-0.2, 0) is 4.74 Å². The lowest BCUT2D eigenvalue weighted by atomic mass is 10.1. The van der Waals surface area contributed by atoms with Crippen LogP contribution in [0.3, 0.4) is 0 Å². The molecule has 1 fully saturated rings. The third kappa shape index (κ3) is 3.58. The normalized spacial score (nSPS) is 19.7. The van der Waals surface area contributed by atoms with Gasteiger partial charge in [0.15, 0.2) is 10.4 Å². The molecule has 6 heteroatoms. The summed E-state index contributed by atoms with van der Waals surface area (Å²) in [6, 6.07) is 1.79. The molecule has 2 rings (SSSR count). The SMILES string of the molecule is Cc1cc(Br)oc1C(=O)N1CCCC(OCCO)C1. The van der Waals surface area contributed by atoms with Crippen molar-refractivity contribution in [2.24, 2.45) is 0 Å². The van der Waals surface area contributed by atoms with Gasteiger partial charge in [0.25, 0.3) is 5.91 Å². The van der Waals surface area contributed by atoms with E-state index in [4.69, 9.17) is 14.3 Å². The molecule has 0 saturated carbocycles. The maximum atomic E-state index is 12.4. The second kappa shape index (κ2) is 6.54. The van der Waals surface area contributed by atoms with Crippen LogP contribution < -0.4 is 0 Å². The van der Waals surface area contributed by atoms with Gasteiger partial charge in [-0.3, -0.25) is 4.79 Å². The van der Waals surface area contributed by atoms with Crippen molar-refractivity contribution < 1.29 is 19.1 Å². The number of hydrogen-bond acceptors (Lipinski definition) is 4. The molecule has 0 spiro atoms. The fourth-order valence-corrected chi connectivity index (χ4v) is 2.78. The van der Waals surface area contributed by atoms with Gasteiger partial charge in [0.2, 0.25) is 0 Å². The van der Waals surface area contributed by atoms with Crippen LogP contribution in [0.5, 0.6) is 0 Å². The van der Waals surface area contributed by atoms with Crippen LogP contribution in [0.1, 0.15) is 29.0 Å². The van der Waals surface area contributed by atoms with E-state index in [9.17, 15) is 4.79 Å². The second-order valence-electron chi connectivity index (χ2n) is 4.67. The maximum Gasteiger partial charge on any atom is 0.289 e. The van der Waals surface area contributed by atoms with Gasteiger partial charge in [0, 0.05) is 18.7 Å². The van der Waals surface area contributed by atoms with Gasteiger partial charge < -0.3 is 19.2 Å². The zero-order valence-electron chi connectivity index (χ0n) is 10.9. The Morgan fingerprint density at radius 3 is 3.11 bits per heavy atom. The van der Waals surface area contributed by atoms with Crippen molar-refractivity contribution in [3.63, 3.8) is 0 Å². The highest BCUT2D eigenvalue weighted by atomic mass is 79.9. The molecule has 0 bridgehead atoms. The second-order valence-corrected chi connectivity index (χ2v) is 5.45. The van der Waals surface area contributed by atoms with Crippen LogP contribution >= 0.6 is 15.9 Å². The Hall–Kier alpha value is -0.850. The zero-order valence-corrected chi connectivity index (χ0v) is 12.5. The van der Waals surface area contributed by atoms with Crippen molar-refractivity contribution in [1.29, 1.82) is 0 Å². The lowest BCUT2D eigenvalue weighted by Crippen LogP contribution is -2.43. The highest BCUT2D eigenvalue weighted by molar-refractivity contribution is 9.10. The molecule has 0 radical (unpaired) electrons. The minimum atomic E-state index is -0.0968. The average molecular weight is 332 g/mol. The third-order valence-corrected chi connectivity index (χ3v) is 3.58. The van der Waals surface area contributed by atoms with Gasteiger partial charge in [-0.2, -0.15) is 0 Å². The Balaban J connectivity index is 2.01. The molecule has 1 N–H and O–H groups in total. The van der Waals surface area contributed by atoms with Crippen LogP contribution in [0.25, 0.3) is 0 Å². The number of aryl methyl sites for hydroxylation is 1. The van der Waals surface area contributed by atoms with E-state index in [2.05, 4.69) is 15.9 Å². The van der Waals surface area contributed by atoms with E-state index in [0.29, 0.717) is 23.6 Å². The number of halogens is 1. The highest BCUT2D eigenvalue weighted by Crippen LogP contribution is 2.23. The number of aliphatic hydroxyl groups excluding tert-OH is 1. The van der Waals surface area contributed by atoms with Crippen molar-refractivity contribution in [2.75, 3.05) is 26.3 Å². The van der Waals surface area contributed by atoms with Crippen LogP contribution in [0.15, 0.2) is 15.2 Å². The summed E-state index contributed by atoms with van der Waals surface area (Å²) in [4.78, 5) is 14.1. The smallest absolute Gasteiger partial charge is 0.289 e. The van der Waals surface area contributed by atoms with Gasteiger partial charge in [-0.1, -0.05) is 0 Å². The summed E-state index contributed by atoms with van der Waals surface area (Å²) in [5.74, 6) is 0.287. The van der Waals surface area contributed by atoms with Crippen LogP contribution in [0.2, 0.25) is 0 Å². The number of hydrogen-bond donors (Lipinski definition) is 1. The minimum absolute atomic E-state index is 0.00330. The van der Waals surface area contributed by atoms with Gasteiger partial charge in [-0.05, 0) is 41.8 Å². The summed E-state index contributed by atoms with van der Waals surface area (Å²) < 4.78 is 11.5. The fourth-order valence-electron chi connectivity index (χ4n) is 2.28. The molecule has 1 unspecified atom stereocenters. The summed E-state index contributed by atoms with van der Waals surface area (Å²) in [7, 11) is 0. The fraction of sp³-hybridized carbons (Fsp3) is 0.615. The molecule has 19 heavy (non-hydrogen) atoms. The summed E-state index contributed by atoms with van der Waals surface area (Å²) in [6.45, 7) is 3.45. The van der Waals surface area contributed by atoms with E-state index in [0.717, 1.165) is 24.9 Å². The molecular weight excluding hydrogens is 314 g/mol. The first-order valence-corrected chi connectivity index (χ1v) is 7.18. The number of piperidine rings is 1. The number of aliphatic hydroxyl groups is 1. The topological polar surface area (TPSA) is 62.9 Å². The largest absolute Gasteiger partial charge is 0.444 e. The van der Waals surface area contributed by atoms with Crippen molar-refractivity contribution in [3.05, 3.63) is 22.1 Å². The Morgan fingerprint density at radius 1 is 1.68 bits per heavy atom. The molecule has 1 aromatic heterocycles. The summed E-state index contributed by atoms with van der Waals surface area (Å²) in [5, 5.41) is 8.76. The number of ether oxygens (including phenoxy) is 1. The number of rotatable bonds is 4. The van der Waals surface area contributed by atoms with E-state index < -0.39 is 0 Å². The molecule has 1 aliphatic rings. The van der Waals surface area contributed by atoms with Gasteiger partial charge >= 0.3 is 0 Å². The molecule has 0 aliphatic carbocycles. The molecule has 1 aromatic rings. The minimum Gasteiger partial charge on any atom is -0.444 e. The molecule has 5 nitrogen and oxygen atoms in total. The number of carbonyl (C=O) groups excluding carboxylic acids is 1. The van der Waals surface area contributed by atoms with Crippen molar-refractivity contribution in [1.82, 2.24) is 4.90 Å². The Bertz CT molecular complexity index is 446. The van der Waals surface area contributed by atoms with Crippen LogP contribution in [0, 0.1) is 6.92 Å². The van der Waals surface area contributed by atoms with Gasteiger partial charge in [0.05, 0.1) is 19.3 Å². The number of carbonyl (C=O) groups is 1. The molecule has 1 aliphatic heterocycles. The quantitative estimate of drug-likeness (QED) is 0.916. The van der Waals surface area contributed by atoms with Gasteiger partial charge in [-0.15, -0.1) is 0 Å². The van der Waals surface area contributed by atoms with Crippen LogP contribution in [0.4, 0.5) is 0 Å². The summed E-state index contributed by atoms with van der Waals surface area (Å²) >= 11 is 3.23. The van der Waals surface area contributed by atoms with E-state index >= 15 is 0 Å². The Kier molecular flexibility index (Phi) is 5.01. The Labute approximate surface area is 120 Å². The highest BCUT2D eigenvalue weighted by Gasteiger charge is 2.27. The molecule has 106 valence electrons. The monoisotopic (exact) mass is 331 g/mol. The van der Waals surface area contributed by atoms with Crippen molar-refractivity contribution in [3.8, 4) is 0 Å². The van der Waals surface area contributed by atoms with Gasteiger partial charge in [0.1, 0.15) is 0 Å². The van der Waals surface area contributed by atoms with E-state index in [-0.39, 0.29) is 18.6 Å². The number of furan rings is 1. The molecule has 1 amide bonds. The predicted octanol–water partition coefficient (Wildman–Crippen LogP) is 1.96. The molecule has 1 atom stereocenters.